The minimum Gasteiger partial charge on any atom is -0.351 e. The average Bonchev–Trinajstić information content (AvgIpc) is 3.25. The van der Waals surface area contributed by atoms with Crippen LogP contribution in [0.5, 0.6) is 0 Å². The van der Waals surface area contributed by atoms with Gasteiger partial charge in [0, 0.05) is 37.8 Å². The van der Waals surface area contributed by atoms with E-state index in [9.17, 15) is 9.59 Å². The van der Waals surface area contributed by atoms with Gasteiger partial charge in [0.2, 0.25) is 5.91 Å². The zero-order chi connectivity index (χ0) is 22.5. The number of carbonyl (C=O) groups is 2. The summed E-state index contributed by atoms with van der Waals surface area (Å²) in [6.07, 6.45) is 4.30. The fourth-order valence-corrected chi connectivity index (χ4v) is 4.21. The van der Waals surface area contributed by atoms with E-state index >= 15 is 0 Å². The van der Waals surface area contributed by atoms with Gasteiger partial charge in [-0.2, -0.15) is 5.10 Å². The van der Waals surface area contributed by atoms with Crippen molar-refractivity contribution in [3.8, 4) is 16.9 Å². The van der Waals surface area contributed by atoms with Gasteiger partial charge in [-0.25, -0.2) is 4.68 Å². The number of aryl methyl sites for hydroxylation is 1. The first kappa shape index (κ1) is 21.8. The molecule has 1 fully saturated rings. The highest BCUT2D eigenvalue weighted by molar-refractivity contribution is 6.00. The lowest BCUT2D eigenvalue weighted by Gasteiger charge is -2.31. The molecule has 2 heterocycles. The number of aromatic nitrogens is 2. The molecule has 6 nitrogen and oxygen atoms in total. The number of para-hydroxylation sites is 1. The van der Waals surface area contributed by atoms with E-state index in [4.69, 9.17) is 5.10 Å². The highest BCUT2D eigenvalue weighted by Gasteiger charge is 2.22. The van der Waals surface area contributed by atoms with Gasteiger partial charge in [0.1, 0.15) is 5.69 Å². The van der Waals surface area contributed by atoms with Crippen LogP contribution >= 0.6 is 0 Å². The van der Waals surface area contributed by atoms with E-state index < -0.39 is 0 Å². The van der Waals surface area contributed by atoms with Gasteiger partial charge >= 0.3 is 0 Å². The Bertz CT molecular complexity index is 1090. The second-order valence-corrected chi connectivity index (χ2v) is 8.63. The summed E-state index contributed by atoms with van der Waals surface area (Å²) in [6, 6.07) is 17.7. The number of benzene rings is 2. The zero-order valence-electron chi connectivity index (χ0n) is 18.8. The summed E-state index contributed by atoms with van der Waals surface area (Å²) >= 11 is 0. The van der Waals surface area contributed by atoms with E-state index in [0.717, 1.165) is 36.3 Å². The number of hydrogen-bond donors (Lipinski definition) is 1. The van der Waals surface area contributed by atoms with Crippen molar-refractivity contribution in [2.45, 2.75) is 33.1 Å². The largest absolute Gasteiger partial charge is 0.351 e. The number of likely N-dealkylation sites (tertiary alicyclic amines) is 1. The molecule has 1 N–H and O–H groups in total. The lowest BCUT2D eigenvalue weighted by atomic mass is 10.00. The fourth-order valence-electron chi connectivity index (χ4n) is 4.21. The van der Waals surface area contributed by atoms with E-state index in [1.54, 1.807) is 10.9 Å². The predicted molar refractivity (Wildman–Crippen MR) is 126 cm³/mol. The molecule has 32 heavy (non-hydrogen) atoms. The molecule has 2 aromatic carbocycles. The van der Waals surface area contributed by atoms with Crippen LogP contribution in [0.2, 0.25) is 0 Å². The Balaban J connectivity index is 1.50. The van der Waals surface area contributed by atoms with Crippen molar-refractivity contribution in [3.05, 3.63) is 71.9 Å². The second-order valence-electron chi connectivity index (χ2n) is 8.63. The third-order valence-electron chi connectivity index (χ3n) is 5.91. The monoisotopic (exact) mass is 430 g/mol. The van der Waals surface area contributed by atoms with Gasteiger partial charge in [0.05, 0.1) is 11.3 Å². The normalized spacial score (nSPS) is 16.1. The Morgan fingerprint density at radius 2 is 1.94 bits per heavy atom. The van der Waals surface area contributed by atoms with Crippen molar-refractivity contribution in [2.24, 2.45) is 5.92 Å². The molecular weight excluding hydrogens is 400 g/mol. The smallest absolute Gasteiger partial charge is 0.255 e. The van der Waals surface area contributed by atoms with Crippen LogP contribution in [0.15, 0.2) is 60.8 Å². The maximum Gasteiger partial charge on any atom is 0.255 e. The highest BCUT2D eigenvalue weighted by atomic mass is 16.2. The molecule has 2 amide bonds. The van der Waals surface area contributed by atoms with Crippen LogP contribution in [0.1, 0.15) is 42.1 Å². The van der Waals surface area contributed by atoms with E-state index in [0.29, 0.717) is 30.1 Å². The molecule has 166 valence electrons. The zero-order valence-corrected chi connectivity index (χ0v) is 18.8. The Kier molecular flexibility index (Phi) is 6.69. The Labute approximate surface area is 189 Å². The summed E-state index contributed by atoms with van der Waals surface area (Å²) in [7, 11) is 0. The van der Waals surface area contributed by atoms with Gasteiger partial charge in [-0.3, -0.25) is 9.59 Å². The molecule has 0 bridgehead atoms. The van der Waals surface area contributed by atoms with Gasteiger partial charge < -0.3 is 10.2 Å². The first-order valence-corrected chi connectivity index (χ1v) is 11.3. The number of nitrogens with zero attached hydrogens (tertiary/aromatic N) is 3. The predicted octanol–water partition coefficient (Wildman–Crippen LogP) is 4.23. The Morgan fingerprint density at radius 3 is 2.69 bits per heavy atom. The standard InChI is InChI=1S/C26H30N4O2/c1-19-8-6-10-21(16-19)25-23(18-30(28-25)22-11-4-3-5-12-22)26(32)27-14-13-24(31)29-15-7-9-20(2)17-29/h3-6,8,10-12,16,18,20H,7,9,13-15,17H2,1-2H3,(H,27,32). The molecular formula is C26H30N4O2. The summed E-state index contributed by atoms with van der Waals surface area (Å²) in [5.74, 6) is 0.433. The quantitative estimate of drug-likeness (QED) is 0.637. The van der Waals surface area contributed by atoms with Crippen LogP contribution in [0.25, 0.3) is 16.9 Å². The molecule has 0 spiro atoms. The van der Waals surface area contributed by atoms with Crippen molar-refractivity contribution in [3.63, 3.8) is 0 Å². The number of carbonyl (C=O) groups excluding carboxylic acids is 2. The van der Waals surface area contributed by atoms with E-state index in [1.165, 1.54) is 6.42 Å². The van der Waals surface area contributed by atoms with Gasteiger partial charge in [-0.15, -0.1) is 0 Å². The topological polar surface area (TPSA) is 67.2 Å². The van der Waals surface area contributed by atoms with E-state index in [2.05, 4.69) is 12.2 Å². The first-order valence-electron chi connectivity index (χ1n) is 11.3. The third kappa shape index (κ3) is 5.07. The number of piperidine rings is 1. The molecule has 3 aromatic rings. The summed E-state index contributed by atoms with van der Waals surface area (Å²) in [6.45, 7) is 6.14. The molecule has 1 atom stereocenters. The molecule has 0 saturated carbocycles. The van der Waals surface area contributed by atoms with Crippen LogP contribution in [0.3, 0.4) is 0 Å². The number of hydrogen-bond acceptors (Lipinski definition) is 3. The maximum atomic E-state index is 13.1. The summed E-state index contributed by atoms with van der Waals surface area (Å²) in [5, 5.41) is 7.65. The van der Waals surface area contributed by atoms with E-state index in [1.807, 2.05) is 66.4 Å². The summed E-state index contributed by atoms with van der Waals surface area (Å²) in [5.41, 5.74) is 4.01. The van der Waals surface area contributed by atoms with Gasteiger partial charge in [-0.05, 0) is 43.9 Å². The molecule has 1 aromatic heterocycles. The molecule has 1 aliphatic rings. The van der Waals surface area contributed by atoms with Crippen LogP contribution in [-0.2, 0) is 4.79 Å². The molecule has 0 aliphatic carbocycles. The van der Waals surface area contributed by atoms with Gasteiger partial charge in [0.25, 0.3) is 5.91 Å². The van der Waals surface area contributed by atoms with Gasteiger partial charge in [-0.1, -0.05) is 48.9 Å². The lowest BCUT2D eigenvalue weighted by Crippen LogP contribution is -2.40. The number of amides is 2. The third-order valence-corrected chi connectivity index (χ3v) is 5.91. The second kappa shape index (κ2) is 9.81. The van der Waals surface area contributed by atoms with Crippen molar-refractivity contribution in [2.75, 3.05) is 19.6 Å². The summed E-state index contributed by atoms with van der Waals surface area (Å²) < 4.78 is 1.73. The van der Waals surface area contributed by atoms with Crippen LogP contribution < -0.4 is 5.32 Å². The van der Waals surface area contributed by atoms with Crippen LogP contribution in [0, 0.1) is 12.8 Å². The van der Waals surface area contributed by atoms with Crippen molar-refractivity contribution < 1.29 is 9.59 Å². The summed E-state index contributed by atoms with van der Waals surface area (Å²) in [4.78, 5) is 27.5. The molecule has 6 heteroatoms. The van der Waals surface area contributed by atoms with Crippen molar-refractivity contribution >= 4 is 11.8 Å². The highest BCUT2D eigenvalue weighted by Crippen LogP contribution is 2.25. The molecule has 1 unspecified atom stereocenters. The van der Waals surface area contributed by atoms with Gasteiger partial charge in [0.15, 0.2) is 0 Å². The van der Waals surface area contributed by atoms with Crippen molar-refractivity contribution in [1.82, 2.24) is 20.0 Å². The van der Waals surface area contributed by atoms with Crippen LogP contribution in [-0.4, -0.2) is 46.1 Å². The fraction of sp³-hybridized carbons (Fsp3) is 0.346. The number of rotatable bonds is 6. The number of nitrogens with one attached hydrogen (secondary N) is 1. The molecule has 4 rings (SSSR count). The Hall–Kier alpha value is -3.41. The maximum absolute atomic E-state index is 13.1. The van der Waals surface area contributed by atoms with E-state index in [-0.39, 0.29) is 11.8 Å². The van der Waals surface area contributed by atoms with Crippen molar-refractivity contribution in [1.29, 1.82) is 0 Å². The molecule has 0 radical (unpaired) electrons. The first-order chi connectivity index (χ1) is 15.5. The van der Waals surface area contributed by atoms with Crippen LogP contribution in [0.4, 0.5) is 0 Å². The molecule has 1 saturated heterocycles. The minimum atomic E-state index is -0.219. The minimum absolute atomic E-state index is 0.107. The Morgan fingerprint density at radius 1 is 1.12 bits per heavy atom. The SMILES string of the molecule is Cc1cccc(-c2nn(-c3ccccc3)cc2C(=O)NCCC(=O)N2CCCC(C)C2)c1. The lowest BCUT2D eigenvalue weighted by molar-refractivity contribution is -0.132. The molecule has 1 aliphatic heterocycles. The average molecular weight is 431 g/mol.